The maximum absolute atomic E-state index is 13.6. The van der Waals surface area contributed by atoms with Gasteiger partial charge < -0.3 is 10.6 Å². The second-order valence-electron chi connectivity index (χ2n) is 4.87. The van der Waals surface area contributed by atoms with Crippen molar-refractivity contribution in [1.29, 1.82) is 0 Å². The molecule has 2 aromatic rings. The van der Waals surface area contributed by atoms with Crippen molar-refractivity contribution in [2.75, 3.05) is 10.6 Å². The van der Waals surface area contributed by atoms with Crippen molar-refractivity contribution < 1.29 is 13.6 Å². The summed E-state index contributed by atoms with van der Waals surface area (Å²) in [5.74, 6) is -2.19. The Kier molecular flexibility index (Phi) is 3.89. The molecule has 0 radical (unpaired) electrons. The molecule has 1 amide bonds. The molecule has 114 valence electrons. The first kappa shape index (κ1) is 14.6. The molecule has 0 saturated heterocycles. The van der Waals surface area contributed by atoms with E-state index < -0.39 is 23.2 Å². The second kappa shape index (κ2) is 5.84. The van der Waals surface area contributed by atoms with Crippen LogP contribution in [0.3, 0.4) is 0 Å². The summed E-state index contributed by atoms with van der Waals surface area (Å²) >= 11 is 5.72. The van der Waals surface area contributed by atoms with Crippen molar-refractivity contribution in [3.63, 3.8) is 0 Å². The van der Waals surface area contributed by atoms with E-state index in [1.165, 1.54) is 12.3 Å². The highest BCUT2D eigenvalue weighted by atomic mass is 35.5. The molecule has 5 nitrogen and oxygen atoms in total. The Morgan fingerprint density at radius 3 is 2.59 bits per heavy atom. The van der Waals surface area contributed by atoms with E-state index in [0.29, 0.717) is 0 Å². The second-order valence-corrected chi connectivity index (χ2v) is 5.21. The first-order chi connectivity index (χ1) is 10.5. The van der Waals surface area contributed by atoms with Gasteiger partial charge in [0, 0.05) is 12.2 Å². The Balaban J connectivity index is 1.88. The number of benzene rings is 1. The molecule has 2 N–H and O–H groups in total. The summed E-state index contributed by atoms with van der Waals surface area (Å²) in [4.78, 5) is 19.9. The van der Waals surface area contributed by atoms with Crippen LogP contribution in [-0.2, 0) is 0 Å². The average molecular weight is 325 g/mol. The minimum absolute atomic E-state index is 0.0169. The SMILES string of the molecule is O=C(Nc1c(F)cccc1F)c1cnc(Cl)nc1NC1CC1. The summed E-state index contributed by atoms with van der Waals surface area (Å²) in [5.41, 5.74) is -0.446. The number of nitrogens with zero attached hydrogens (tertiary/aromatic N) is 2. The molecule has 0 aliphatic heterocycles. The van der Waals surface area contributed by atoms with E-state index in [1.807, 2.05) is 0 Å². The lowest BCUT2D eigenvalue weighted by Gasteiger charge is -2.11. The largest absolute Gasteiger partial charge is 0.367 e. The van der Waals surface area contributed by atoms with Crippen molar-refractivity contribution in [1.82, 2.24) is 9.97 Å². The monoisotopic (exact) mass is 324 g/mol. The molecule has 0 atom stereocenters. The molecule has 1 aliphatic carbocycles. The van der Waals surface area contributed by atoms with Gasteiger partial charge in [-0.1, -0.05) is 6.07 Å². The van der Waals surface area contributed by atoms with Crippen LogP contribution in [0.25, 0.3) is 0 Å². The maximum Gasteiger partial charge on any atom is 0.261 e. The number of halogens is 3. The van der Waals surface area contributed by atoms with Crippen LogP contribution in [0, 0.1) is 11.6 Å². The molecule has 1 aromatic heterocycles. The fourth-order valence-corrected chi connectivity index (χ4v) is 1.99. The molecular weight excluding hydrogens is 314 g/mol. The van der Waals surface area contributed by atoms with E-state index in [1.54, 1.807) is 0 Å². The highest BCUT2D eigenvalue weighted by molar-refractivity contribution is 6.28. The van der Waals surface area contributed by atoms with E-state index in [9.17, 15) is 13.6 Å². The van der Waals surface area contributed by atoms with Gasteiger partial charge in [-0.2, -0.15) is 4.98 Å². The highest BCUT2D eigenvalue weighted by Gasteiger charge is 2.25. The Morgan fingerprint density at radius 2 is 1.95 bits per heavy atom. The highest BCUT2D eigenvalue weighted by Crippen LogP contribution is 2.27. The molecule has 0 unspecified atom stereocenters. The van der Waals surface area contributed by atoms with Crippen molar-refractivity contribution in [2.45, 2.75) is 18.9 Å². The Bertz CT molecular complexity index is 717. The van der Waals surface area contributed by atoms with E-state index in [2.05, 4.69) is 20.6 Å². The van der Waals surface area contributed by atoms with Gasteiger partial charge in [-0.3, -0.25) is 4.79 Å². The number of aromatic nitrogens is 2. The van der Waals surface area contributed by atoms with Crippen LogP contribution < -0.4 is 10.6 Å². The third-order valence-corrected chi connectivity index (χ3v) is 3.31. The normalized spacial score (nSPS) is 13.8. The van der Waals surface area contributed by atoms with Gasteiger partial charge in [0.15, 0.2) is 0 Å². The number of para-hydroxylation sites is 1. The summed E-state index contributed by atoms with van der Waals surface area (Å²) in [6.07, 6.45) is 3.14. The van der Waals surface area contributed by atoms with Crippen LogP contribution in [0.2, 0.25) is 5.28 Å². The smallest absolute Gasteiger partial charge is 0.261 e. The number of anilines is 2. The van der Waals surface area contributed by atoms with Gasteiger partial charge in [0.2, 0.25) is 5.28 Å². The average Bonchev–Trinajstić information content (AvgIpc) is 3.27. The van der Waals surface area contributed by atoms with E-state index in [0.717, 1.165) is 25.0 Å². The Hall–Kier alpha value is -2.28. The zero-order valence-corrected chi connectivity index (χ0v) is 12.0. The van der Waals surface area contributed by atoms with Gasteiger partial charge in [-0.05, 0) is 36.6 Å². The lowest BCUT2D eigenvalue weighted by Crippen LogP contribution is -2.18. The standard InChI is InChI=1S/C14H11ClF2N4O/c15-14-18-6-8(12(21-14)19-7-4-5-7)13(22)20-11-9(16)2-1-3-10(11)17/h1-3,6-7H,4-5H2,(H,20,22)(H,18,19,21). The molecule has 1 heterocycles. The molecule has 3 rings (SSSR count). The number of hydrogen-bond donors (Lipinski definition) is 2. The van der Waals surface area contributed by atoms with Crippen molar-refractivity contribution in [2.24, 2.45) is 0 Å². The molecule has 22 heavy (non-hydrogen) atoms. The number of rotatable bonds is 4. The van der Waals surface area contributed by atoms with Gasteiger partial charge in [0.1, 0.15) is 28.7 Å². The summed E-state index contributed by atoms with van der Waals surface area (Å²) in [6.45, 7) is 0. The summed E-state index contributed by atoms with van der Waals surface area (Å²) in [5, 5.41) is 5.22. The van der Waals surface area contributed by atoms with Crippen LogP contribution >= 0.6 is 11.6 Å². The van der Waals surface area contributed by atoms with Crippen LogP contribution in [0.15, 0.2) is 24.4 Å². The first-order valence-corrected chi connectivity index (χ1v) is 6.97. The molecule has 0 spiro atoms. The minimum Gasteiger partial charge on any atom is -0.367 e. The summed E-state index contributed by atoms with van der Waals surface area (Å²) < 4.78 is 27.2. The molecular formula is C14H11ClF2N4O. The zero-order valence-electron chi connectivity index (χ0n) is 11.2. The van der Waals surface area contributed by atoms with Gasteiger partial charge in [-0.25, -0.2) is 13.8 Å². The number of amides is 1. The van der Waals surface area contributed by atoms with Gasteiger partial charge in [0.05, 0.1) is 0 Å². The lowest BCUT2D eigenvalue weighted by molar-refractivity contribution is 0.102. The predicted molar refractivity (Wildman–Crippen MR) is 78.0 cm³/mol. The number of carbonyl (C=O) groups excluding carboxylic acids is 1. The van der Waals surface area contributed by atoms with E-state index in [4.69, 9.17) is 11.6 Å². The first-order valence-electron chi connectivity index (χ1n) is 6.59. The number of hydrogen-bond acceptors (Lipinski definition) is 4. The minimum atomic E-state index is -0.861. The fourth-order valence-electron chi connectivity index (χ4n) is 1.86. The number of carbonyl (C=O) groups is 1. The molecule has 0 bridgehead atoms. The van der Waals surface area contributed by atoms with Crippen LogP contribution in [0.5, 0.6) is 0 Å². The van der Waals surface area contributed by atoms with E-state index in [-0.39, 0.29) is 22.7 Å². The third-order valence-electron chi connectivity index (χ3n) is 3.12. The fraction of sp³-hybridized carbons (Fsp3) is 0.214. The molecule has 1 aliphatic rings. The van der Waals surface area contributed by atoms with Gasteiger partial charge in [-0.15, -0.1) is 0 Å². The summed E-state index contributed by atoms with van der Waals surface area (Å²) in [6, 6.07) is 3.55. The van der Waals surface area contributed by atoms with Crippen LogP contribution in [-0.4, -0.2) is 21.9 Å². The van der Waals surface area contributed by atoms with Crippen LogP contribution in [0.4, 0.5) is 20.3 Å². The molecule has 1 saturated carbocycles. The van der Waals surface area contributed by atoms with Gasteiger partial charge >= 0.3 is 0 Å². The topological polar surface area (TPSA) is 66.9 Å². The molecule has 8 heteroatoms. The lowest BCUT2D eigenvalue weighted by atomic mass is 10.2. The third kappa shape index (κ3) is 3.14. The Labute approximate surface area is 129 Å². The van der Waals surface area contributed by atoms with E-state index >= 15 is 0 Å². The van der Waals surface area contributed by atoms with Crippen LogP contribution in [0.1, 0.15) is 23.2 Å². The summed E-state index contributed by atoms with van der Waals surface area (Å²) in [7, 11) is 0. The predicted octanol–water partition coefficient (Wildman–Crippen LogP) is 3.23. The van der Waals surface area contributed by atoms with Crippen molar-refractivity contribution in [3.8, 4) is 0 Å². The van der Waals surface area contributed by atoms with Crippen molar-refractivity contribution in [3.05, 3.63) is 46.9 Å². The number of nitrogens with one attached hydrogen (secondary N) is 2. The Morgan fingerprint density at radius 1 is 1.27 bits per heavy atom. The quantitative estimate of drug-likeness (QED) is 0.847. The molecule has 1 fully saturated rings. The molecule has 1 aromatic carbocycles. The van der Waals surface area contributed by atoms with Gasteiger partial charge in [0.25, 0.3) is 5.91 Å². The maximum atomic E-state index is 13.6. The zero-order chi connectivity index (χ0) is 15.7. The van der Waals surface area contributed by atoms with Crippen molar-refractivity contribution >= 4 is 29.0 Å².